The molecule has 4 amide bonds. The number of benzene rings is 1. The quantitative estimate of drug-likeness (QED) is 0.644. The van der Waals surface area contributed by atoms with E-state index in [0.29, 0.717) is 12.1 Å². The standard InChI is InChI=1S/C18H17N3O3/c1-11-8-14(15-16(22)19-18(24)20-17(15)23)9-12(2)21(11)10-13-6-4-3-5-7-13/h3-9H,10H2,1-2H3,(H2,19,20,22,23,24). The second-order valence-electron chi connectivity index (χ2n) is 5.71. The number of barbiturate groups is 1. The zero-order valence-electron chi connectivity index (χ0n) is 13.4. The first kappa shape index (κ1) is 15.7. The molecule has 0 spiro atoms. The van der Waals surface area contributed by atoms with Crippen molar-refractivity contribution in [1.82, 2.24) is 15.5 Å². The summed E-state index contributed by atoms with van der Waals surface area (Å²) in [6.45, 7) is 4.54. The number of hydrogen-bond donors (Lipinski definition) is 2. The molecule has 1 aromatic carbocycles. The highest BCUT2D eigenvalue weighted by atomic mass is 16.2. The maximum atomic E-state index is 12.0. The van der Waals surface area contributed by atoms with Gasteiger partial charge in [-0.25, -0.2) is 4.79 Å². The zero-order chi connectivity index (χ0) is 17.3. The third-order valence-corrected chi connectivity index (χ3v) is 3.96. The summed E-state index contributed by atoms with van der Waals surface area (Å²) in [6, 6.07) is 9.23. The van der Waals surface area contributed by atoms with Gasteiger partial charge in [-0.15, -0.1) is 0 Å². The highest BCUT2D eigenvalue weighted by Gasteiger charge is 2.31. The first-order valence-electron chi connectivity index (χ1n) is 7.54. The monoisotopic (exact) mass is 323 g/mol. The molecule has 2 aliphatic heterocycles. The van der Waals surface area contributed by atoms with Crippen molar-refractivity contribution >= 4 is 17.8 Å². The number of carbonyl (C=O) groups is 3. The molecule has 1 aromatic rings. The molecular formula is C18H17N3O3. The van der Waals surface area contributed by atoms with Crippen molar-refractivity contribution in [2.75, 3.05) is 0 Å². The van der Waals surface area contributed by atoms with E-state index < -0.39 is 17.8 Å². The van der Waals surface area contributed by atoms with Crippen LogP contribution in [0.15, 0.2) is 65.0 Å². The summed E-state index contributed by atoms with van der Waals surface area (Å²) in [4.78, 5) is 37.2. The fourth-order valence-electron chi connectivity index (χ4n) is 2.81. The lowest BCUT2D eigenvalue weighted by atomic mass is 9.99. The molecule has 0 unspecified atom stereocenters. The lowest BCUT2D eigenvalue weighted by Crippen LogP contribution is -2.51. The van der Waals surface area contributed by atoms with Gasteiger partial charge in [-0.1, -0.05) is 30.3 Å². The average Bonchev–Trinajstić information content (AvgIpc) is 2.51. The van der Waals surface area contributed by atoms with Crippen LogP contribution in [0.5, 0.6) is 0 Å². The number of imide groups is 2. The maximum absolute atomic E-state index is 12.0. The number of nitrogens with one attached hydrogen (secondary N) is 2. The van der Waals surface area contributed by atoms with Crippen LogP contribution in [-0.4, -0.2) is 22.7 Å². The zero-order valence-corrected chi connectivity index (χ0v) is 13.4. The van der Waals surface area contributed by atoms with Crippen LogP contribution < -0.4 is 10.6 Å². The molecule has 2 N–H and O–H groups in total. The van der Waals surface area contributed by atoms with Gasteiger partial charge in [0.15, 0.2) is 0 Å². The molecule has 0 saturated carbocycles. The number of nitrogens with zero attached hydrogens (tertiary/aromatic N) is 1. The first-order chi connectivity index (χ1) is 11.5. The molecule has 24 heavy (non-hydrogen) atoms. The summed E-state index contributed by atoms with van der Waals surface area (Å²) in [5, 5.41) is 4.20. The minimum atomic E-state index is -0.794. The van der Waals surface area contributed by atoms with Crippen LogP contribution in [-0.2, 0) is 16.1 Å². The number of amides is 4. The molecule has 3 rings (SSSR count). The average molecular weight is 323 g/mol. The fraction of sp³-hybridized carbons (Fsp3) is 0.167. The Bertz CT molecular complexity index is 775. The Morgan fingerprint density at radius 3 is 1.96 bits per heavy atom. The summed E-state index contributed by atoms with van der Waals surface area (Å²) in [5.41, 5.74) is 3.44. The van der Waals surface area contributed by atoms with Crippen molar-refractivity contribution in [3.05, 3.63) is 70.6 Å². The maximum Gasteiger partial charge on any atom is 0.328 e. The van der Waals surface area contributed by atoms with E-state index in [4.69, 9.17) is 0 Å². The van der Waals surface area contributed by atoms with Gasteiger partial charge in [0.1, 0.15) is 5.57 Å². The highest BCUT2D eigenvalue weighted by Crippen LogP contribution is 2.27. The van der Waals surface area contributed by atoms with Gasteiger partial charge in [0.05, 0.1) is 0 Å². The fourth-order valence-corrected chi connectivity index (χ4v) is 2.81. The molecular weight excluding hydrogens is 306 g/mol. The van der Waals surface area contributed by atoms with E-state index in [1.807, 2.05) is 44.2 Å². The highest BCUT2D eigenvalue weighted by molar-refractivity contribution is 6.29. The molecule has 0 aromatic heterocycles. The second kappa shape index (κ2) is 6.16. The summed E-state index contributed by atoms with van der Waals surface area (Å²) in [7, 11) is 0. The van der Waals surface area contributed by atoms with Gasteiger partial charge < -0.3 is 4.90 Å². The van der Waals surface area contributed by atoms with E-state index in [1.165, 1.54) is 0 Å². The molecule has 2 heterocycles. The van der Waals surface area contributed by atoms with E-state index in [9.17, 15) is 14.4 Å². The number of urea groups is 1. The van der Waals surface area contributed by atoms with Crippen LogP contribution in [0.2, 0.25) is 0 Å². The number of carbonyl (C=O) groups excluding carboxylic acids is 3. The Kier molecular flexibility index (Phi) is 4.04. The largest absolute Gasteiger partial charge is 0.345 e. The van der Waals surface area contributed by atoms with Crippen molar-refractivity contribution in [2.45, 2.75) is 20.4 Å². The van der Waals surface area contributed by atoms with Crippen LogP contribution in [0.1, 0.15) is 19.4 Å². The Balaban J connectivity index is 1.93. The Hall–Kier alpha value is -3.15. The minimum Gasteiger partial charge on any atom is -0.345 e. The second-order valence-corrected chi connectivity index (χ2v) is 5.71. The van der Waals surface area contributed by atoms with Gasteiger partial charge in [-0.05, 0) is 37.1 Å². The van der Waals surface area contributed by atoms with Crippen LogP contribution >= 0.6 is 0 Å². The van der Waals surface area contributed by atoms with Crippen molar-refractivity contribution < 1.29 is 14.4 Å². The summed E-state index contributed by atoms with van der Waals surface area (Å²) >= 11 is 0. The molecule has 2 aliphatic rings. The number of rotatable bonds is 2. The molecule has 6 heteroatoms. The predicted octanol–water partition coefficient (Wildman–Crippen LogP) is 1.97. The SMILES string of the molecule is CC1=CC(=C2C(=O)NC(=O)NC2=O)C=C(C)N1Cc1ccccc1. The van der Waals surface area contributed by atoms with Crippen molar-refractivity contribution in [3.63, 3.8) is 0 Å². The number of allylic oxidation sites excluding steroid dienone is 5. The smallest absolute Gasteiger partial charge is 0.328 e. The summed E-state index contributed by atoms with van der Waals surface area (Å²) < 4.78 is 0. The third-order valence-electron chi connectivity index (χ3n) is 3.96. The molecule has 0 atom stereocenters. The molecule has 1 saturated heterocycles. The Morgan fingerprint density at radius 2 is 1.42 bits per heavy atom. The van der Waals surface area contributed by atoms with Gasteiger partial charge in [-0.3, -0.25) is 20.2 Å². The lowest BCUT2D eigenvalue weighted by molar-refractivity contribution is -0.124. The topological polar surface area (TPSA) is 78.5 Å². The molecule has 0 radical (unpaired) electrons. The summed E-state index contributed by atoms with van der Waals surface area (Å²) in [6.07, 6.45) is 3.56. The third kappa shape index (κ3) is 2.99. The van der Waals surface area contributed by atoms with E-state index in [2.05, 4.69) is 15.5 Å². The van der Waals surface area contributed by atoms with Crippen molar-refractivity contribution in [2.24, 2.45) is 0 Å². The molecule has 0 bridgehead atoms. The van der Waals surface area contributed by atoms with Gasteiger partial charge in [0, 0.05) is 17.9 Å². The normalized spacial score (nSPS) is 18.1. The molecule has 122 valence electrons. The van der Waals surface area contributed by atoms with Gasteiger partial charge >= 0.3 is 6.03 Å². The Morgan fingerprint density at radius 1 is 0.875 bits per heavy atom. The number of hydrogen-bond acceptors (Lipinski definition) is 4. The van der Waals surface area contributed by atoms with Gasteiger partial charge in [0.25, 0.3) is 11.8 Å². The Labute approximate surface area is 139 Å². The van der Waals surface area contributed by atoms with E-state index >= 15 is 0 Å². The van der Waals surface area contributed by atoms with E-state index in [1.54, 1.807) is 12.2 Å². The molecule has 0 aliphatic carbocycles. The lowest BCUT2D eigenvalue weighted by Gasteiger charge is -2.30. The van der Waals surface area contributed by atoms with Crippen LogP contribution in [0.25, 0.3) is 0 Å². The van der Waals surface area contributed by atoms with Crippen molar-refractivity contribution in [3.8, 4) is 0 Å². The molecule has 6 nitrogen and oxygen atoms in total. The van der Waals surface area contributed by atoms with Crippen molar-refractivity contribution in [1.29, 1.82) is 0 Å². The first-order valence-corrected chi connectivity index (χ1v) is 7.54. The van der Waals surface area contributed by atoms with E-state index in [-0.39, 0.29) is 5.57 Å². The summed E-state index contributed by atoms with van der Waals surface area (Å²) in [5.74, 6) is -1.35. The van der Waals surface area contributed by atoms with Gasteiger partial charge in [-0.2, -0.15) is 0 Å². The minimum absolute atomic E-state index is 0.0485. The van der Waals surface area contributed by atoms with Crippen LogP contribution in [0.4, 0.5) is 4.79 Å². The van der Waals surface area contributed by atoms with Crippen LogP contribution in [0.3, 0.4) is 0 Å². The molecule has 1 fully saturated rings. The van der Waals surface area contributed by atoms with Crippen LogP contribution in [0, 0.1) is 0 Å². The van der Waals surface area contributed by atoms with Gasteiger partial charge in [0.2, 0.25) is 0 Å². The van der Waals surface area contributed by atoms with E-state index in [0.717, 1.165) is 17.0 Å². The predicted molar refractivity (Wildman–Crippen MR) is 88.2 cm³/mol.